The Hall–Kier alpha value is -4.97. The highest BCUT2D eigenvalue weighted by Crippen LogP contribution is 2.11. The minimum Gasteiger partial charge on any atom is -0.462 e. The van der Waals surface area contributed by atoms with Crippen molar-refractivity contribution in [2.75, 3.05) is 13.2 Å². The van der Waals surface area contributed by atoms with Crippen LogP contribution in [0.4, 0.5) is 0 Å². The second-order valence-corrected chi connectivity index (χ2v) is 16.3. The fourth-order valence-electron chi connectivity index (χ4n) is 6.18. The molecule has 6 heteroatoms. The van der Waals surface area contributed by atoms with Crippen molar-refractivity contribution in [3.63, 3.8) is 0 Å². The maximum atomic E-state index is 12.8. The van der Waals surface area contributed by atoms with Crippen molar-refractivity contribution in [3.05, 3.63) is 158 Å². The van der Waals surface area contributed by atoms with Gasteiger partial charge in [-0.05, 0) is 116 Å². The van der Waals surface area contributed by atoms with Crippen LogP contribution in [0, 0.1) is 0 Å². The first kappa shape index (κ1) is 62.0. The Morgan fingerprint density at radius 3 is 1.00 bits per heavy atom. The van der Waals surface area contributed by atoms with E-state index in [1.165, 1.54) is 19.3 Å². The molecule has 0 bridgehead atoms. The van der Waals surface area contributed by atoms with E-state index < -0.39 is 12.1 Å². The molecule has 0 rings (SSSR count). The van der Waals surface area contributed by atoms with Crippen LogP contribution in [0.15, 0.2) is 158 Å². The van der Waals surface area contributed by atoms with Gasteiger partial charge in [0.15, 0.2) is 6.10 Å². The van der Waals surface area contributed by atoms with E-state index in [9.17, 15) is 14.4 Å². The predicted molar refractivity (Wildman–Crippen MR) is 288 cm³/mol. The van der Waals surface area contributed by atoms with Crippen LogP contribution in [0.2, 0.25) is 0 Å². The van der Waals surface area contributed by atoms with Gasteiger partial charge in [0, 0.05) is 19.3 Å². The van der Waals surface area contributed by atoms with Crippen LogP contribution >= 0.6 is 0 Å². The first-order valence-corrected chi connectivity index (χ1v) is 26.0. The van der Waals surface area contributed by atoms with Gasteiger partial charge < -0.3 is 14.2 Å². The molecule has 6 nitrogen and oxygen atoms in total. The van der Waals surface area contributed by atoms with Crippen LogP contribution < -0.4 is 0 Å². The molecule has 372 valence electrons. The monoisotopic (exact) mass is 921 g/mol. The molecule has 0 aromatic heterocycles. The maximum Gasteiger partial charge on any atom is 0.306 e. The lowest BCUT2D eigenvalue weighted by atomic mass is 10.1. The van der Waals surface area contributed by atoms with Crippen LogP contribution in [0.3, 0.4) is 0 Å². The molecule has 0 aliphatic heterocycles. The highest BCUT2D eigenvalue weighted by molar-refractivity contribution is 5.71. The Morgan fingerprint density at radius 2 is 0.612 bits per heavy atom. The zero-order valence-corrected chi connectivity index (χ0v) is 42.3. The molecule has 0 unspecified atom stereocenters. The molecule has 67 heavy (non-hydrogen) atoms. The SMILES string of the molecule is CC/C=C\C/C=C\C/C=C\C/C=C\C/C=C\C/C=C\CCC(=O)OC[C@@H](COC(=O)CCCCCCC/C=C\CCCC)OC(=O)CC/C=C\C/C=C\C/C=C\C/C=C\C/C=C\C/C=C\CC. The van der Waals surface area contributed by atoms with Gasteiger partial charge in [-0.15, -0.1) is 0 Å². The number of ether oxygens (including phenoxy) is 3. The molecular formula is C61H92O6. The van der Waals surface area contributed by atoms with Gasteiger partial charge in [-0.1, -0.05) is 211 Å². The normalized spacial score (nSPS) is 13.4. The van der Waals surface area contributed by atoms with E-state index in [4.69, 9.17) is 14.2 Å². The third kappa shape index (κ3) is 51.9. The van der Waals surface area contributed by atoms with E-state index in [-0.39, 0.29) is 38.0 Å². The fourth-order valence-corrected chi connectivity index (χ4v) is 6.18. The summed E-state index contributed by atoms with van der Waals surface area (Å²) < 4.78 is 16.6. The van der Waals surface area contributed by atoms with Crippen LogP contribution in [0.1, 0.15) is 188 Å². The van der Waals surface area contributed by atoms with Crippen molar-refractivity contribution in [3.8, 4) is 0 Å². The van der Waals surface area contributed by atoms with Crippen LogP contribution in [0.25, 0.3) is 0 Å². The minimum atomic E-state index is -0.859. The van der Waals surface area contributed by atoms with E-state index in [2.05, 4.69) is 154 Å². The third-order valence-corrected chi connectivity index (χ3v) is 10.0. The quantitative estimate of drug-likeness (QED) is 0.0262. The van der Waals surface area contributed by atoms with Crippen molar-refractivity contribution < 1.29 is 28.6 Å². The molecule has 0 N–H and O–H groups in total. The number of unbranched alkanes of at least 4 members (excludes halogenated alkanes) is 7. The van der Waals surface area contributed by atoms with Crippen molar-refractivity contribution in [2.45, 2.75) is 194 Å². The Kier molecular flexibility index (Phi) is 49.7. The molecule has 0 heterocycles. The number of carbonyl (C=O) groups is 3. The number of allylic oxidation sites excluding steroid dienone is 26. The molecule has 0 spiro atoms. The summed E-state index contributed by atoms with van der Waals surface area (Å²) in [5.41, 5.74) is 0. The van der Waals surface area contributed by atoms with Crippen LogP contribution in [-0.4, -0.2) is 37.2 Å². The van der Waals surface area contributed by atoms with Crippen LogP contribution in [-0.2, 0) is 28.6 Å². The van der Waals surface area contributed by atoms with Gasteiger partial charge in [0.05, 0.1) is 0 Å². The number of hydrogen-bond donors (Lipinski definition) is 0. The van der Waals surface area contributed by atoms with E-state index >= 15 is 0 Å². The molecular weight excluding hydrogens is 829 g/mol. The Labute approximate surface area is 409 Å². The number of hydrogen-bond acceptors (Lipinski definition) is 6. The van der Waals surface area contributed by atoms with Gasteiger partial charge in [0.25, 0.3) is 0 Å². The van der Waals surface area contributed by atoms with E-state index in [1.807, 2.05) is 24.3 Å². The summed E-state index contributed by atoms with van der Waals surface area (Å²) in [4.78, 5) is 37.9. The van der Waals surface area contributed by atoms with Crippen molar-refractivity contribution in [2.24, 2.45) is 0 Å². The average Bonchev–Trinajstić information content (AvgIpc) is 3.33. The van der Waals surface area contributed by atoms with E-state index in [1.54, 1.807) is 0 Å². The zero-order valence-electron chi connectivity index (χ0n) is 42.3. The third-order valence-electron chi connectivity index (χ3n) is 10.0. The first-order valence-electron chi connectivity index (χ1n) is 26.0. The van der Waals surface area contributed by atoms with Gasteiger partial charge >= 0.3 is 17.9 Å². The Bertz CT molecular complexity index is 1570. The number of esters is 3. The summed E-state index contributed by atoms with van der Waals surface area (Å²) in [7, 11) is 0. The average molecular weight is 921 g/mol. The van der Waals surface area contributed by atoms with Crippen molar-refractivity contribution in [1.82, 2.24) is 0 Å². The minimum absolute atomic E-state index is 0.144. The molecule has 0 saturated heterocycles. The van der Waals surface area contributed by atoms with Crippen molar-refractivity contribution in [1.29, 1.82) is 0 Å². The summed E-state index contributed by atoms with van der Waals surface area (Å²) in [5.74, 6) is -1.14. The summed E-state index contributed by atoms with van der Waals surface area (Å²) in [6, 6.07) is 0. The first-order chi connectivity index (χ1) is 33.0. The van der Waals surface area contributed by atoms with Crippen LogP contribution in [0.5, 0.6) is 0 Å². The predicted octanol–water partition coefficient (Wildman–Crippen LogP) is 17.4. The summed E-state index contributed by atoms with van der Waals surface area (Å²) in [5, 5.41) is 0. The molecule has 0 aromatic rings. The standard InChI is InChI=1S/C61H92O6/c1-4-7-10-13-16-19-22-24-26-28-30-32-34-36-39-42-45-48-51-54-60(63)66-57-58(56-65-59(62)53-50-47-44-41-38-21-18-15-12-9-6-3)67-61(64)55-52-49-46-43-40-37-35-33-31-29-27-25-23-20-17-14-11-8-5-2/h7-8,10-11,15-20,24-27,30-33,36-37,39-40,45-46,48-49,58H,4-6,9,12-14,21-23,28-29,34-35,38,41-44,47,50-57H2,1-3H3/b10-7-,11-8-,18-15-,19-16-,20-17-,26-24-,27-25-,32-30-,33-31-,39-36-,40-37-,48-45-,49-46-/t58-/m1/s1. The second kappa shape index (κ2) is 53.6. The second-order valence-electron chi connectivity index (χ2n) is 16.3. The fraction of sp³-hybridized carbons (Fsp3) is 0.525. The number of rotatable bonds is 44. The zero-order chi connectivity index (χ0) is 48.6. The molecule has 0 aliphatic carbocycles. The topological polar surface area (TPSA) is 78.9 Å². The molecule has 0 amide bonds. The summed E-state index contributed by atoms with van der Waals surface area (Å²) in [6.45, 7) is 6.20. The molecule has 0 saturated carbocycles. The highest BCUT2D eigenvalue weighted by atomic mass is 16.6. The molecule has 1 atom stereocenters. The molecule has 0 radical (unpaired) electrons. The highest BCUT2D eigenvalue weighted by Gasteiger charge is 2.19. The Balaban J connectivity index is 4.65. The lowest BCUT2D eigenvalue weighted by Crippen LogP contribution is -2.30. The van der Waals surface area contributed by atoms with Gasteiger partial charge in [0.1, 0.15) is 13.2 Å². The summed E-state index contributed by atoms with van der Waals surface area (Å²) in [6.07, 6.45) is 78.2. The Morgan fingerprint density at radius 1 is 0.313 bits per heavy atom. The van der Waals surface area contributed by atoms with E-state index in [0.29, 0.717) is 19.3 Å². The van der Waals surface area contributed by atoms with Gasteiger partial charge in [-0.2, -0.15) is 0 Å². The smallest absolute Gasteiger partial charge is 0.306 e. The lowest BCUT2D eigenvalue weighted by molar-refractivity contribution is -0.166. The van der Waals surface area contributed by atoms with Gasteiger partial charge in [-0.25, -0.2) is 0 Å². The van der Waals surface area contributed by atoms with E-state index in [0.717, 1.165) is 116 Å². The number of carbonyl (C=O) groups excluding carboxylic acids is 3. The largest absolute Gasteiger partial charge is 0.462 e. The van der Waals surface area contributed by atoms with Crippen molar-refractivity contribution >= 4 is 17.9 Å². The summed E-state index contributed by atoms with van der Waals surface area (Å²) >= 11 is 0. The van der Waals surface area contributed by atoms with Gasteiger partial charge in [0.2, 0.25) is 0 Å². The molecule has 0 aliphatic rings. The lowest BCUT2D eigenvalue weighted by Gasteiger charge is -2.18. The molecule has 0 aromatic carbocycles. The maximum absolute atomic E-state index is 12.8. The molecule has 0 fully saturated rings. The van der Waals surface area contributed by atoms with Gasteiger partial charge in [-0.3, -0.25) is 14.4 Å².